The molecule has 0 aliphatic rings. The molecule has 0 atom stereocenters. The van der Waals surface area contributed by atoms with Crippen molar-refractivity contribution < 1.29 is 4.79 Å². The molecule has 0 fully saturated rings. The highest BCUT2D eigenvalue weighted by Gasteiger charge is 2.11. The summed E-state index contributed by atoms with van der Waals surface area (Å²) in [6.07, 6.45) is 3.65. The lowest BCUT2D eigenvalue weighted by Crippen LogP contribution is -2.07. The Morgan fingerprint density at radius 1 is 1.17 bits per heavy atom. The van der Waals surface area contributed by atoms with Crippen LogP contribution in [0.5, 0.6) is 0 Å². The Labute approximate surface area is 122 Å². The number of carbonyl (C=O) groups excluding carboxylic acids is 1. The van der Waals surface area contributed by atoms with E-state index in [1.807, 2.05) is 12.1 Å². The summed E-state index contributed by atoms with van der Waals surface area (Å²) in [4.78, 5) is 16.1. The molecule has 0 amide bonds. The maximum Gasteiger partial charge on any atom is 0.169 e. The normalized spacial score (nSPS) is 10.3. The number of ketones is 1. The number of aromatic nitrogens is 1. The lowest BCUT2D eigenvalue weighted by atomic mass is 10.0. The van der Waals surface area contributed by atoms with Crippen LogP contribution in [-0.2, 0) is 6.42 Å². The van der Waals surface area contributed by atoms with E-state index in [9.17, 15) is 4.79 Å². The average Bonchev–Trinajstić information content (AvgIpc) is 2.28. The number of halogens is 2. The fraction of sp³-hybridized carbons (Fsp3) is 0.0769. The van der Waals surface area contributed by atoms with Gasteiger partial charge in [0.25, 0.3) is 0 Å². The molecular formula is C13H10Br2N2O. The third-order valence-corrected chi connectivity index (χ3v) is 3.37. The Balaban J connectivity index is 2.22. The van der Waals surface area contributed by atoms with E-state index >= 15 is 0 Å². The predicted octanol–water partition coefficient (Wildman–Crippen LogP) is 3.61. The third kappa shape index (κ3) is 3.17. The summed E-state index contributed by atoms with van der Waals surface area (Å²) in [7, 11) is 0. The number of Topliss-reactive ketones (excluding diaryl/α,β-unsaturated/α-hetero) is 1. The highest BCUT2D eigenvalue weighted by Crippen LogP contribution is 2.20. The van der Waals surface area contributed by atoms with Gasteiger partial charge in [-0.15, -0.1) is 0 Å². The second-order valence-corrected chi connectivity index (χ2v) is 5.67. The minimum absolute atomic E-state index is 0.0140. The number of hydrogen-bond donors (Lipinski definition) is 1. The molecule has 0 radical (unpaired) electrons. The van der Waals surface area contributed by atoms with Crippen LogP contribution in [0.15, 0.2) is 45.6 Å². The molecule has 3 nitrogen and oxygen atoms in total. The average molecular weight is 370 g/mol. The predicted molar refractivity (Wildman–Crippen MR) is 78.5 cm³/mol. The first-order valence-electron chi connectivity index (χ1n) is 5.24. The largest absolute Gasteiger partial charge is 0.398 e. The number of hydrogen-bond acceptors (Lipinski definition) is 3. The minimum atomic E-state index is -0.0140. The molecule has 2 N–H and O–H groups in total. The van der Waals surface area contributed by atoms with E-state index < -0.39 is 0 Å². The maximum atomic E-state index is 12.1. The van der Waals surface area contributed by atoms with Crippen LogP contribution in [-0.4, -0.2) is 10.8 Å². The van der Waals surface area contributed by atoms with Crippen molar-refractivity contribution in [3.63, 3.8) is 0 Å². The first kappa shape index (κ1) is 13.2. The van der Waals surface area contributed by atoms with E-state index in [4.69, 9.17) is 5.73 Å². The van der Waals surface area contributed by atoms with Crippen LogP contribution < -0.4 is 5.73 Å². The molecule has 1 aromatic carbocycles. The van der Waals surface area contributed by atoms with Gasteiger partial charge in [-0.25, -0.2) is 0 Å². The molecule has 0 aliphatic carbocycles. The number of pyridine rings is 1. The molecule has 0 aliphatic heterocycles. The van der Waals surface area contributed by atoms with Gasteiger partial charge in [0.05, 0.1) is 0 Å². The molecule has 92 valence electrons. The van der Waals surface area contributed by atoms with Crippen molar-refractivity contribution in [3.05, 3.63) is 56.7 Å². The number of nitrogen functional groups attached to an aromatic ring is 1. The number of carbonyl (C=O) groups is 1. The Morgan fingerprint density at radius 2 is 1.94 bits per heavy atom. The van der Waals surface area contributed by atoms with Crippen molar-refractivity contribution in [1.82, 2.24) is 4.98 Å². The number of anilines is 1. The Bertz CT molecular complexity index is 599. The summed E-state index contributed by atoms with van der Waals surface area (Å²) in [6, 6.07) is 7.14. The van der Waals surface area contributed by atoms with Gasteiger partial charge in [0.2, 0.25) is 0 Å². The Hall–Kier alpha value is -1.20. The second-order valence-electron chi connectivity index (χ2n) is 3.84. The van der Waals surface area contributed by atoms with Crippen LogP contribution in [0.2, 0.25) is 0 Å². The Morgan fingerprint density at radius 3 is 2.61 bits per heavy atom. The fourth-order valence-corrected chi connectivity index (χ4v) is 2.41. The molecule has 0 saturated carbocycles. The molecular weight excluding hydrogens is 360 g/mol. The van der Waals surface area contributed by atoms with Gasteiger partial charge in [0.1, 0.15) is 0 Å². The lowest BCUT2D eigenvalue weighted by Gasteiger charge is -2.05. The zero-order valence-electron chi connectivity index (χ0n) is 9.36. The van der Waals surface area contributed by atoms with Crippen molar-refractivity contribution in [2.24, 2.45) is 0 Å². The number of nitrogens with zero attached hydrogens (tertiary/aromatic N) is 1. The van der Waals surface area contributed by atoms with Crippen molar-refractivity contribution in [1.29, 1.82) is 0 Å². The summed E-state index contributed by atoms with van der Waals surface area (Å²) in [5, 5.41) is 0. The topological polar surface area (TPSA) is 56.0 Å². The van der Waals surface area contributed by atoms with Gasteiger partial charge in [-0.1, -0.05) is 15.9 Å². The van der Waals surface area contributed by atoms with Crippen LogP contribution >= 0.6 is 31.9 Å². The van der Waals surface area contributed by atoms with Crippen molar-refractivity contribution >= 4 is 43.3 Å². The third-order valence-electron chi connectivity index (χ3n) is 2.44. The number of benzene rings is 1. The molecule has 0 unspecified atom stereocenters. The molecule has 0 saturated heterocycles. The second kappa shape index (κ2) is 5.63. The van der Waals surface area contributed by atoms with E-state index in [-0.39, 0.29) is 12.2 Å². The van der Waals surface area contributed by atoms with Crippen LogP contribution in [0.25, 0.3) is 0 Å². The van der Waals surface area contributed by atoms with E-state index in [2.05, 4.69) is 36.8 Å². The molecule has 2 aromatic rings. The van der Waals surface area contributed by atoms with Crippen molar-refractivity contribution in [2.45, 2.75) is 6.42 Å². The van der Waals surface area contributed by atoms with E-state index in [0.717, 1.165) is 14.5 Å². The smallest absolute Gasteiger partial charge is 0.169 e. The van der Waals surface area contributed by atoms with Gasteiger partial charge in [-0.05, 0) is 45.8 Å². The van der Waals surface area contributed by atoms with Gasteiger partial charge in [-0.2, -0.15) is 0 Å². The highest BCUT2D eigenvalue weighted by atomic mass is 79.9. The molecule has 0 spiro atoms. The van der Waals surface area contributed by atoms with Gasteiger partial charge in [-0.3, -0.25) is 9.78 Å². The van der Waals surface area contributed by atoms with Crippen LogP contribution in [0.3, 0.4) is 0 Å². The summed E-state index contributed by atoms with van der Waals surface area (Å²) in [6.45, 7) is 0. The maximum absolute atomic E-state index is 12.1. The molecule has 2 rings (SSSR count). The quantitative estimate of drug-likeness (QED) is 0.664. The van der Waals surface area contributed by atoms with Crippen molar-refractivity contribution in [3.8, 4) is 0 Å². The van der Waals surface area contributed by atoms with E-state index in [0.29, 0.717) is 11.3 Å². The standard InChI is InChI=1S/C13H10Br2N2O/c14-9-1-2-11(12(16)5-9)13(18)4-8-3-10(15)7-17-6-8/h1-3,5-7H,4,16H2. The molecule has 5 heteroatoms. The minimum Gasteiger partial charge on any atom is -0.398 e. The van der Waals surface area contributed by atoms with Crippen molar-refractivity contribution in [2.75, 3.05) is 5.73 Å². The van der Waals surface area contributed by atoms with Gasteiger partial charge in [0, 0.05) is 39.0 Å². The lowest BCUT2D eigenvalue weighted by molar-refractivity contribution is 0.0993. The van der Waals surface area contributed by atoms with Gasteiger partial charge in [0.15, 0.2) is 5.78 Å². The summed E-state index contributed by atoms with van der Waals surface area (Å²) in [5.74, 6) is -0.0140. The first-order chi connectivity index (χ1) is 8.56. The van der Waals surface area contributed by atoms with Crippen LogP contribution in [0, 0.1) is 0 Å². The summed E-state index contributed by atoms with van der Waals surface area (Å²) < 4.78 is 1.72. The summed E-state index contributed by atoms with van der Waals surface area (Å²) in [5.41, 5.74) is 7.71. The zero-order chi connectivity index (χ0) is 13.1. The van der Waals surface area contributed by atoms with Gasteiger partial charge < -0.3 is 5.73 Å². The van der Waals surface area contributed by atoms with E-state index in [1.165, 1.54) is 0 Å². The van der Waals surface area contributed by atoms with E-state index in [1.54, 1.807) is 24.5 Å². The molecule has 18 heavy (non-hydrogen) atoms. The fourth-order valence-electron chi connectivity index (χ4n) is 1.62. The number of rotatable bonds is 3. The monoisotopic (exact) mass is 368 g/mol. The first-order valence-corrected chi connectivity index (χ1v) is 6.82. The SMILES string of the molecule is Nc1cc(Br)ccc1C(=O)Cc1cncc(Br)c1. The molecule has 1 aromatic heterocycles. The zero-order valence-corrected chi connectivity index (χ0v) is 12.5. The van der Waals surface area contributed by atoms with Gasteiger partial charge >= 0.3 is 0 Å². The highest BCUT2D eigenvalue weighted by molar-refractivity contribution is 9.10. The number of nitrogens with two attached hydrogens (primary N) is 1. The summed E-state index contributed by atoms with van der Waals surface area (Å²) >= 11 is 6.64. The molecule has 0 bridgehead atoms. The van der Waals surface area contributed by atoms with Crippen LogP contribution in [0.4, 0.5) is 5.69 Å². The van der Waals surface area contributed by atoms with Crippen LogP contribution in [0.1, 0.15) is 15.9 Å². The molecule has 1 heterocycles. The Kier molecular flexibility index (Phi) is 4.14.